The molecule has 1 aliphatic rings. The predicted octanol–water partition coefficient (Wildman–Crippen LogP) is 3.92. The van der Waals surface area contributed by atoms with Crippen LogP contribution in [-0.2, 0) is 0 Å². The molecule has 0 spiro atoms. The molecule has 4 heteroatoms. The number of likely N-dealkylation sites (tertiary alicyclic amines) is 1. The number of hydrogen-bond acceptors (Lipinski definition) is 2. The van der Waals surface area contributed by atoms with Crippen LogP contribution in [0.4, 0.5) is 0 Å². The first-order valence-corrected chi connectivity index (χ1v) is 7.81. The molecule has 1 aliphatic heterocycles. The van der Waals surface area contributed by atoms with Gasteiger partial charge >= 0.3 is 0 Å². The van der Waals surface area contributed by atoms with Gasteiger partial charge in [-0.3, -0.25) is 4.90 Å². The number of alkyl halides is 1. The highest BCUT2D eigenvalue weighted by molar-refractivity contribution is 9.10. The molecule has 2 nitrogen and oxygen atoms in total. The van der Waals surface area contributed by atoms with Gasteiger partial charge in [-0.2, -0.15) is 0 Å². The fraction of sp³-hybridized carbons (Fsp3) is 0.571. The fourth-order valence-corrected chi connectivity index (χ4v) is 2.95. The van der Waals surface area contributed by atoms with Gasteiger partial charge in [0.15, 0.2) is 0 Å². The molecule has 2 rings (SSSR count). The quantitative estimate of drug-likeness (QED) is 0.758. The second-order valence-electron chi connectivity index (χ2n) is 4.64. The van der Waals surface area contributed by atoms with Crippen LogP contribution in [0.3, 0.4) is 0 Å². The van der Waals surface area contributed by atoms with E-state index in [1.165, 1.54) is 19.3 Å². The Kier molecular flexibility index (Phi) is 5.80. The number of hydrogen-bond donors (Lipinski definition) is 0. The minimum Gasteiger partial charge on any atom is -0.492 e. The van der Waals surface area contributed by atoms with Gasteiger partial charge in [0, 0.05) is 22.9 Å². The highest BCUT2D eigenvalue weighted by Gasteiger charge is 2.20. The Bertz CT molecular complexity index is 357. The van der Waals surface area contributed by atoms with Gasteiger partial charge in [-0.05, 0) is 43.7 Å². The van der Waals surface area contributed by atoms with Crippen molar-refractivity contribution in [2.24, 2.45) is 0 Å². The zero-order valence-corrected chi connectivity index (χ0v) is 12.8. The smallest absolute Gasteiger partial charge is 0.119 e. The Balaban J connectivity index is 1.75. The minimum absolute atomic E-state index is 0.536. The number of benzene rings is 1. The first-order chi connectivity index (χ1) is 8.79. The third-order valence-electron chi connectivity index (χ3n) is 3.39. The molecule has 0 amide bonds. The minimum atomic E-state index is 0.536. The van der Waals surface area contributed by atoms with Gasteiger partial charge in [-0.15, -0.1) is 11.6 Å². The monoisotopic (exact) mass is 331 g/mol. The lowest BCUT2D eigenvalue weighted by Crippen LogP contribution is -2.42. The van der Waals surface area contributed by atoms with E-state index < -0.39 is 0 Å². The third-order valence-corrected chi connectivity index (χ3v) is 4.27. The molecule has 1 atom stereocenters. The summed E-state index contributed by atoms with van der Waals surface area (Å²) in [6.07, 6.45) is 3.81. The van der Waals surface area contributed by atoms with Crippen molar-refractivity contribution in [2.45, 2.75) is 25.3 Å². The van der Waals surface area contributed by atoms with Crippen LogP contribution in [0.25, 0.3) is 0 Å². The van der Waals surface area contributed by atoms with Crippen molar-refractivity contribution in [3.8, 4) is 5.75 Å². The Labute approximate surface area is 122 Å². The van der Waals surface area contributed by atoms with E-state index in [0.29, 0.717) is 6.04 Å². The van der Waals surface area contributed by atoms with Crippen LogP contribution in [-0.4, -0.2) is 36.5 Å². The van der Waals surface area contributed by atoms with Gasteiger partial charge in [0.1, 0.15) is 12.4 Å². The van der Waals surface area contributed by atoms with Crippen LogP contribution in [0.15, 0.2) is 28.7 Å². The van der Waals surface area contributed by atoms with E-state index in [2.05, 4.69) is 20.8 Å². The maximum Gasteiger partial charge on any atom is 0.119 e. The standard InChI is InChI=1S/C14H19BrClNO/c15-12-4-6-14(7-5-12)18-10-9-17-8-2-1-3-13(17)11-16/h4-7,13H,1-3,8-11H2. The molecular formula is C14H19BrClNO. The summed E-state index contributed by atoms with van der Waals surface area (Å²) in [6.45, 7) is 2.85. The summed E-state index contributed by atoms with van der Waals surface area (Å²) in [7, 11) is 0. The molecule has 0 aromatic heterocycles. The lowest BCUT2D eigenvalue weighted by molar-refractivity contribution is 0.135. The first-order valence-electron chi connectivity index (χ1n) is 6.48. The number of rotatable bonds is 5. The van der Waals surface area contributed by atoms with Gasteiger partial charge in [0.25, 0.3) is 0 Å². The summed E-state index contributed by atoms with van der Waals surface area (Å²) in [6, 6.07) is 8.50. The van der Waals surface area contributed by atoms with Crippen molar-refractivity contribution in [3.05, 3.63) is 28.7 Å². The normalized spacial score (nSPS) is 20.9. The maximum absolute atomic E-state index is 6.00. The lowest BCUT2D eigenvalue weighted by Gasteiger charge is -2.34. The van der Waals surface area contributed by atoms with Crippen molar-refractivity contribution < 1.29 is 4.74 Å². The van der Waals surface area contributed by atoms with Gasteiger partial charge in [-0.1, -0.05) is 22.4 Å². The summed E-state index contributed by atoms with van der Waals surface area (Å²) in [5.41, 5.74) is 0. The summed E-state index contributed by atoms with van der Waals surface area (Å²) in [4.78, 5) is 2.45. The van der Waals surface area contributed by atoms with Gasteiger partial charge in [0.2, 0.25) is 0 Å². The van der Waals surface area contributed by atoms with Crippen LogP contribution in [0.2, 0.25) is 0 Å². The molecule has 0 bridgehead atoms. The fourth-order valence-electron chi connectivity index (χ4n) is 2.34. The van der Waals surface area contributed by atoms with E-state index in [0.717, 1.165) is 35.8 Å². The van der Waals surface area contributed by atoms with Gasteiger partial charge < -0.3 is 4.74 Å². The highest BCUT2D eigenvalue weighted by atomic mass is 79.9. The molecule has 0 N–H and O–H groups in total. The summed E-state index contributed by atoms with van der Waals surface area (Å²) >= 11 is 9.42. The molecule has 0 aliphatic carbocycles. The molecule has 100 valence electrons. The highest BCUT2D eigenvalue weighted by Crippen LogP contribution is 2.19. The molecule has 0 saturated carbocycles. The number of halogens is 2. The van der Waals surface area contributed by atoms with Crippen molar-refractivity contribution >= 4 is 27.5 Å². The average Bonchev–Trinajstić information content (AvgIpc) is 2.41. The maximum atomic E-state index is 6.00. The zero-order chi connectivity index (χ0) is 12.8. The number of piperidine rings is 1. The van der Waals surface area contributed by atoms with E-state index in [1.807, 2.05) is 24.3 Å². The van der Waals surface area contributed by atoms with E-state index >= 15 is 0 Å². The Morgan fingerprint density at radius 2 is 2.06 bits per heavy atom. The van der Waals surface area contributed by atoms with Crippen molar-refractivity contribution in [2.75, 3.05) is 25.6 Å². The largest absolute Gasteiger partial charge is 0.492 e. The first kappa shape index (κ1) is 14.2. The Morgan fingerprint density at radius 3 is 2.78 bits per heavy atom. The number of nitrogens with zero attached hydrogens (tertiary/aromatic N) is 1. The molecular weight excluding hydrogens is 314 g/mol. The molecule has 1 unspecified atom stereocenters. The SMILES string of the molecule is ClCC1CCCCN1CCOc1ccc(Br)cc1. The van der Waals surface area contributed by atoms with Crippen molar-refractivity contribution in [1.29, 1.82) is 0 Å². The van der Waals surface area contributed by atoms with Crippen LogP contribution >= 0.6 is 27.5 Å². The van der Waals surface area contributed by atoms with E-state index in [1.54, 1.807) is 0 Å². The van der Waals surface area contributed by atoms with Crippen molar-refractivity contribution in [3.63, 3.8) is 0 Å². The molecule has 1 saturated heterocycles. The van der Waals surface area contributed by atoms with Crippen LogP contribution in [0.5, 0.6) is 5.75 Å². The third kappa shape index (κ3) is 4.15. The molecule has 18 heavy (non-hydrogen) atoms. The van der Waals surface area contributed by atoms with Crippen LogP contribution in [0, 0.1) is 0 Å². The number of ether oxygens (including phenoxy) is 1. The Morgan fingerprint density at radius 1 is 1.28 bits per heavy atom. The van der Waals surface area contributed by atoms with Crippen molar-refractivity contribution in [1.82, 2.24) is 4.90 Å². The van der Waals surface area contributed by atoms with E-state index in [-0.39, 0.29) is 0 Å². The second kappa shape index (κ2) is 7.37. The summed E-state index contributed by atoms with van der Waals surface area (Å²) in [5, 5.41) is 0. The van der Waals surface area contributed by atoms with E-state index in [4.69, 9.17) is 16.3 Å². The van der Waals surface area contributed by atoms with Gasteiger partial charge in [0.05, 0.1) is 0 Å². The lowest BCUT2D eigenvalue weighted by atomic mass is 10.0. The molecule has 1 aromatic carbocycles. The average molecular weight is 333 g/mol. The van der Waals surface area contributed by atoms with Gasteiger partial charge in [-0.25, -0.2) is 0 Å². The summed E-state index contributed by atoms with van der Waals surface area (Å²) < 4.78 is 6.83. The Hall–Kier alpha value is -0.250. The second-order valence-corrected chi connectivity index (χ2v) is 5.87. The van der Waals surface area contributed by atoms with Crippen LogP contribution in [0.1, 0.15) is 19.3 Å². The molecule has 1 fully saturated rings. The van der Waals surface area contributed by atoms with Crippen LogP contribution < -0.4 is 4.74 Å². The van der Waals surface area contributed by atoms with E-state index in [9.17, 15) is 0 Å². The summed E-state index contributed by atoms with van der Waals surface area (Å²) in [5.74, 6) is 1.66. The predicted molar refractivity (Wildman–Crippen MR) is 79.6 cm³/mol. The molecule has 1 aromatic rings. The zero-order valence-electron chi connectivity index (χ0n) is 10.4. The topological polar surface area (TPSA) is 12.5 Å². The molecule has 0 radical (unpaired) electrons. The molecule has 1 heterocycles.